The molecule has 3 heterocycles. The molecule has 1 aromatic rings. The van der Waals surface area contributed by atoms with Gasteiger partial charge in [0, 0.05) is 19.2 Å². The van der Waals surface area contributed by atoms with Gasteiger partial charge in [0.05, 0.1) is 24.9 Å². The van der Waals surface area contributed by atoms with E-state index in [9.17, 15) is 0 Å². The summed E-state index contributed by atoms with van der Waals surface area (Å²) in [6.45, 7) is 4.31. The van der Waals surface area contributed by atoms with E-state index < -0.39 is 0 Å². The third kappa shape index (κ3) is 2.45. The first-order valence-electron chi connectivity index (χ1n) is 6.45. The van der Waals surface area contributed by atoms with Gasteiger partial charge in [0.1, 0.15) is 0 Å². The first-order valence-corrected chi connectivity index (χ1v) is 6.45. The average molecular weight is 237 g/mol. The minimum Gasteiger partial charge on any atom is -0.478 e. The summed E-state index contributed by atoms with van der Waals surface area (Å²) in [6.07, 6.45) is 3.33. The Morgan fingerprint density at radius 3 is 3.29 bits per heavy atom. The van der Waals surface area contributed by atoms with Crippen LogP contribution in [0.3, 0.4) is 0 Å². The Morgan fingerprint density at radius 1 is 1.29 bits per heavy atom. The molecule has 94 valence electrons. The summed E-state index contributed by atoms with van der Waals surface area (Å²) in [6, 6.07) is 2.26. The second-order valence-electron chi connectivity index (χ2n) is 4.62. The molecule has 5 nitrogen and oxygen atoms in total. The average Bonchev–Trinajstić information content (AvgIpc) is 2.58. The number of rotatable bonds is 1. The number of ether oxygens (including phenoxy) is 2. The molecule has 17 heavy (non-hydrogen) atoms. The fraction of sp³-hybridized carbons (Fsp3) is 0.750. The van der Waals surface area contributed by atoms with E-state index >= 15 is 0 Å². The number of aryl methyl sites for hydroxylation is 1. The van der Waals surface area contributed by atoms with E-state index in [1.807, 2.05) is 4.68 Å². The Kier molecular flexibility index (Phi) is 3.29. The molecule has 1 N–H and O–H groups in total. The molecule has 0 radical (unpaired) electrons. The lowest BCUT2D eigenvalue weighted by Crippen LogP contribution is -2.24. The molecular weight excluding hydrogens is 218 g/mol. The number of nitrogens with one attached hydrogen (secondary N) is 1. The predicted molar refractivity (Wildman–Crippen MR) is 63.1 cm³/mol. The molecule has 0 bridgehead atoms. The van der Waals surface area contributed by atoms with Gasteiger partial charge in [-0.2, -0.15) is 5.10 Å². The highest BCUT2D eigenvalue weighted by Gasteiger charge is 2.20. The number of hydrogen-bond donors (Lipinski definition) is 1. The molecule has 5 heteroatoms. The molecule has 3 rings (SSSR count). The number of nitrogens with zero attached hydrogens (tertiary/aromatic N) is 2. The maximum absolute atomic E-state index is 5.68. The topological polar surface area (TPSA) is 48.3 Å². The minimum absolute atomic E-state index is 0.209. The number of aromatic nitrogens is 2. The molecule has 0 aromatic carbocycles. The number of fused-ring (bicyclic) bond motifs is 1. The second-order valence-corrected chi connectivity index (χ2v) is 4.62. The third-order valence-corrected chi connectivity index (χ3v) is 3.27. The summed E-state index contributed by atoms with van der Waals surface area (Å²) < 4.78 is 13.2. The molecule has 0 spiro atoms. The Labute approximate surface area is 101 Å². The van der Waals surface area contributed by atoms with Crippen molar-refractivity contribution in [3.05, 3.63) is 11.8 Å². The molecule has 2 aliphatic heterocycles. The van der Waals surface area contributed by atoms with Crippen molar-refractivity contribution in [2.75, 3.05) is 26.4 Å². The standard InChI is InChI=1S/C12H19N3O2/c1-2-7-17-12-8-10(14-15(12)5-1)11-9-16-6-3-4-13-11/h8,11,13H,1-7,9H2. The highest BCUT2D eigenvalue weighted by molar-refractivity contribution is 5.20. The highest BCUT2D eigenvalue weighted by atomic mass is 16.5. The van der Waals surface area contributed by atoms with Gasteiger partial charge in [-0.05, 0) is 25.8 Å². The van der Waals surface area contributed by atoms with Crippen molar-refractivity contribution in [1.82, 2.24) is 15.1 Å². The van der Waals surface area contributed by atoms with E-state index in [-0.39, 0.29) is 6.04 Å². The quantitative estimate of drug-likeness (QED) is 0.795. The molecule has 0 saturated carbocycles. The van der Waals surface area contributed by atoms with Crippen LogP contribution in [-0.4, -0.2) is 36.1 Å². The van der Waals surface area contributed by atoms with Crippen LogP contribution in [0.1, 0.15) is 31.0 Å². The zero-order valence-corrected chi connectivity index (χ0v) is 10.0. The van der Waals surface area contributed by atoms with E-state index in [4.69, 9.17) is 9.47 Å². The lowest BCUT2D eigenvalue weighted by molar-refractivity contribution is 0.130. The summed E-state index contributed by atoms with van der Waals surface area (Å²) in [4.78, 5) is 0. The first kappa shape index (κ1) is 11.0. The fourth-order valence-electron chi connectivity index (χ4n) is 2.31. The monoisotopic (exact) mass is 237 g/mol. The minimum atomic E-state index is 0.209. The van der Waals surface area contributed by atoms with Crippen molar-refractivity contribution < 1.29 is 9.47 Å². The van der Waals surface area contributed by atoms with Crippen LogP contribution in [0.25, 0.3) is 0 Å². The number of hydrogen-bond acceptors (Lipinski definition) is 4. The Balaban J connectivity index is 1.78. The summed E-state index contributed by atoms with van der Waals surface area (Å²) >= 11 is 0. The lowest BCUT2D eigenvalue weighted by atomic mass is 10.2. The van der Waals surface area contributed by atoms with Crippen LogP contribution in [0.4, 0.5) is 0 Å². The van der Waals surface area contributed by atoms with Crippen LogP contribution in [0, 0.1) is 0 Å². The van der Waals surface area contributed by atoms with Crippen molar-refractivity contribution in [3.8, 4) is 5.88 Å². The fourth-order valence-corrected chi connectivity index (χ4v) is 2.31. The van der Waals surface area contributed by atoms with Crippen molar-refractivity contribution in [3.63, 3.8) is 0 Å². The van der Waals surface area contributed by atoms with Gasteiger partial charge in [0.2, 0.25) is 5.88 Å². The van der Waals surface area contributed by atoms with Crippen LogP contribution >= 0.6 is 0 Å². The Hall–Kier alpha value is -1.07. The molecule has 1 aromatic heterocycles. The van der Waals surface area contributed by atoms with Gasteiger partial charge in [0.25, 0.3) is 0 Å². The van der Waals surface area contributed by atoms with E-state index in [0.717, 1.165) is 57.1 Å². The van der Waals surface area contributed by atoms with Crippen LogP contribution in [0.15, 0.2) is 6.07 Å². The van der Waals surface area contributed by atoms with Crippen LogP contribution in [0.5, 0.6) is 5.88 Å². The zero-order chi connectivity index (χ0) is 11.5. The van der Waals surface area contributed by atoms with Crippen molar-refractivity contribution >= 4 is 0 Å². The van der Waals surface area contributed by atoms with E-state index in [0.29, 0.717) is 6.61 Å². The molecule has 0 aliphatic carbocycles. The Morgan fingerprint density at radius 2 is 2.29 bits per heavy atom. The maximum Gasteiger partial charge on any atom is 0.212 e. The van der Waals surface area contributed by atoms with Crippen LogP contribution in [-0.2, 0) is 11.3 Å². The van der Waals surface area contributed by atoms with Gasteiger partial charge in [-0.3, -0.25) is 0 Å². The zero-order valence-electron chi connectivity index (χ0n) is 10.0. The molecule has 1 saturated heterocycles. The molecule has 1 unspecified atom stereocenters. The first-order chi connectivity index (χ1) is 8.43. The smallest absolute Gasteiger partial charge is 0.212 e. The lowest BCUT2D eigenvalue weighted by Gasteiger charge is -2.11. The predicted octanol–water partition coefficient (Wildman–Crippen LogP) is 1.11. The molecule has 1 atom stereocenters. The summed E-state index contributed by atoms with van der Waals surface area (Å²) in [5.74, 6) is 0.906. The van der Waals surface area contributed by atoms with E-state index in [1.165, 1.54) is 0 Å². The van der Waals surface area contributed by atoms with Crippen molar-refractivity contribution in [2.24, 2.45) is 0 Å². The van der Waals surface area contributed by atoms with Gasteiger partial charge in [-0.15, -0.1) is 0 Å². The summed E-state index contributed by atoms with van der Waals surface area (Å²) in [7, 11) is 0. The van der Waals surface area contributed by atoms with Gasteiger partial charge in [-0.25, -0.2) is 4.68 Å². The summed E-state index contributed by atoms with van der Waals surface area (Å²) in [5, 5.41) is 8.09. The normalized spacial score (nSPS) is 25.5. The van der Waals surface area contributed by atoms with Crippen LogP contribution in [0.2, 0.25) is 0 Å². The van der Waals surface area contributed by atoms with Gasteiger partial charge in [-0.1, -0.05) is 0 Å². The molecule has 2 aliphatic rings. The highest BCUT2D eigenvalue weighted by Crippen LogP contribution is 2.23. The largest absolute Gasteiger partial charge is 0.478 e. The maximum atomic E-state index is 5.68. The van der Waals surface area contributed by atoms with Crippen molar-refractivity contribution in [2.45, 2.75) is 31.8 Å². The van der Waals surface area contributed by atoms with Crippen molar-refractivity contribution in [1.29, 1.82) is 0 Å². The van der Waals surface area contributed by atoms with Crippen LogP contribution < -0.4 is 10.1 Å². The van der Waals surface area contributed by atoms with Gasteiger partial charge >= 0.3 is 0 Å². The second kappa shape index (κ2) is 5.06. The van der Waals surface area contributed by atoms with E-state index in [1.54, 1.807) is 0 Å². The SMILES string of the molecule is c1c(C2COCCCN2)nn2c1OCCCC2. The Bertz CT molecular complexity index is 346. The molecule has 1 fully saturated rings. The van der Waals surface area contributed by atoms with Gasteiger partial charge < -0.3 is 14.8 Å². The molecular formula is C12H19N3O2. The van der Waals surface area contributed by atoms with Gasteiger partial charge in [0.15, 0.2) is 0 Å². The molecule has 0 amide bonds. The van der Waals surface area contributed by atoms with E-state index in [2.05, 4.69) is 16.5 Å². The summed E-state index contributed by atoms with van der Waals surface area (Å²) in [5.41, 5.74) is 1.05. The third-order valence-electron chi connectivity index (χ3n) is 3.27.